The van der Waals surface area contributed by atoms with E-state index in [4.69, 9.17) is 0 Å². The molecule has 9 heteroatoms. The molecule has 0 fully saturated rings. The highest BCUT2D eigenvalue weighted by Crippen LogP contribution is 2.28. The van der Waals surface area contributed by atoms with Crippen molar-refractivity contribution in [2.24, 2.45) is 0 Å². The lowest BCUT2D eigenvalue weighted by molar-refractivity contribution is -0.115. The Morgan fingerprint density at radius 2 is 2.27 bits per heavy atom. The molecule has 3 rings (SSSR count). The molecule has 26 heavy (non-hydrogen) atoms. The summed E-state index contributed by atoms with van der Waals surface area (Å²) in [6.45, 7) is 5.90. The molecule has 3 aromatic rings. The Morgan fingerprint density at radius 1 is 1.46 bits per heavy atom. The molecule has 0 bridgehead atoms. The van der Waals surface area contributed by atoms with E-state index in [-0.39, 0.29) is 11.7 Å². The summed E-state index contributed by atoms with van der Waals surface area (Å²) >= 11 is 2.59. The number of allylic oxidation sites excluding steroid dienone is 1. The topological polar surface area (TPSA) is 72.7 Å². The van der Waals surface area contributed by atoms with E-state index >= 15 is 0 Å². The maximum Gasteiger partial charge on any atom is 0.239 e. The van der Waals surface area contributed by atoms with Gasteiger partial charge in [0, 0.05) is 18.1 Å². The average molecular weight is 389 g/mol. The summed E-state index contributed by atoms with van der Waals surface area (Å²) in [7, 11) is 0. The second-order valence-electron chi connectivity index (χ2n) is 5.27. The van der Waals surface area contributed by atoms with Crippen molar-refractivity contribution in [1.82, 2.24) is 19.7 Å². The quantitative estimate of drug-likeness (QED) is 0.491. The van der Waals surface area contributed by atoms with Crippen LogP contribution < -0.4 is 5.32 Å². The summed E-state index contributed by atoms with van der Waals surface area (Å²) in [6.07, 6.45) is 3.30. The summed E-state index contributed by atoms with van der Waals surface area (Å²) in [5, 5.41) is 13.4. The van der Waals surface area contributed by atoms with E-state index in [2.05, 4.69) is 27.1 Å². The third-order valence-electron chi connectivity index (χ3n) is 3.46. The van der Waals surface area contributed by atoms with Gasteiger partial charge in [-0.05, 0) is 19.1 Å². The van der Waals surface area contributed by atoms with Crippen LogP contribution in [0.4, 0.5) is 9.52 Å². The lowest BCUT2D eigenvalue weighted by atomic mass is 10.2. The molecule has 0 aliphatic rings. The number of carbonyl (C=O) groups excluding carboxylic acids is 1. The maximum absolute atomic E-state index is 14.1. The van der Waals surface area contributed by atoms with Crippen molar-refractivity contribution >= 4 is 34.1 Å². The molecule has 134 valence electrons. The number of carbonyl (C=O) groups is 1. The monoisotopic (exact) mass is 389 g/mol. The number of halogens is 1. The first kappa shape index (κ1) is 18.3. The first-order valence-corrected chi connectivity index (χ1v) is 9.52. The highest BCUT2D eigenvalue weighted by Gasteiger charge is 2.22. The second-order valence-corrected chi connectivity index (χ2v) is 7.47. The van der Waals surface area contributed by atoms with Crippen LogP contribution in [0.25, 0.3) is 11.4 Å². The highest BCUT2D eigenvalue weighted by molar-refractivity contribution is 8.00. The van der Waals surface area contributed by atoms with Gasteiger partial charge in [-0.3, -0.25) is 9.36 Å². The SMILES string of the molecule is C=CCn1c(S[C@@H](C)C(=O)Nc2nccs2)nnc1-c1ccccc1F. The van der Waals surface area contributed by atoms with Crippen molar-refractivity contribution in [3.05, 3.63) is 54.3 Å². The Morgan fingerprint density at radius 3 is 2.96 bits per heavy atom. The van der Waals surface area contributed by atoms with Crippen molar-refractivity contribution in [3.8, 4) is 11.4 Å². The molecule has 0 unspecified atom stereocenters. The van der Waals surface area contributed by atoms with Gasteiger partial charge >= 0.3 is 0 Å². The molecule has 6 nitrogen and oxygen atoms in total. The van der Waals surface area contributed by atoms with Gasteiger partial charge in [0.15, 0.2) is 16.1 Å². The number of benzene rings is 1. The molecule has 0 radical (unpaired) electrons. The Hall–Kier alpha value is -2.52. The number of hydrogen-bond donors (Lipinski definition) is 1. The van der Waals surface area contributed by atoms with Gasteiger partial charge in [-0.1, -0.05) is 30.0 Å². The summed E-state index contributed by atoms with van der Waals surface area (Å²) in [4.78, 5) is 16.3. The van der Waals surface area contributed by atoms with Crippen LogP contribution in [0.3, 0.4) is 0 Å². The van der Waals surface area contributed by atoms with Gasteiger partial charge in [-0.2, -0.15) is 0 Å². The van der Waals surface area contributed by atoms with Crippen LogP contribution >= 0.6 is 23.1 Å². The molecule has 2 heterocycles. The predicted molar refractivity (Wildman–Crippen MR) is 102 cm³/mol. The lowest BCUT2D eigenvalue weighted by Gasteiger charge is -2.12. The number of nitrogens with zero attached hydrogens (tertiary/aromatic N) is 4. The summed E-state index contributed by atoms with van der Waals surface area (Å²) < 4.78 is 15.9. The molecule has 0 saturated heterocycles. The van der Waals surface area contributed by atoms with Crippen LogP contribution in [0.5, 0.6) is 0 Å². The fourth-order valence-corrected chi connectivity index (χ4v) is 3.61. The van der Waals surface area contributed by atoms with Gasteiger partial charge in [0.2, 0.25) is 5.91 Å². The van der Waals surface area contributed by atoms with Crippen molar-refractivity contribution in [1.29, 1.82) is 0 Å². The second kappa shape index (κ2) is 8.24. The van der Waals surface area contributed by atoms with Crippen molar-refractivity contribution < 1.29 is 9.18 Å². The summed E-state index contributed by atoms with van der Waals surface area (Å²) in [5.74, 6) is -0.167. The summed E-state index contributed by atoms with van der Waals surface area (Å²) in [5.41, 5.74) is 0.355. The molecule has 1 amide bonds. The van der Waals surface area contributed by atoms with Crippen LogP contribution in [0, 0.1) is 5.82 Å². The first-order valence-electron chi connectivity index (χ1n) is 7.76. The summed E-state index contributed by atoms with van der Waals surface area (Å²) in [6, 6.07) is 6.38. The van der Waals surface area contributed by atoms with Crippen LogP contribution in [0.1, 0.15) is 6.92 Å². The first-order chi connectivity index (χ1) is 12.6. The zero-order valence-electron chi connectivity index (χ0n) is 13.9. The molecule has 2 aromatic heterocycles. The number of rotatable bonds is 7. The number of nitrogens with one attached hydrogen (secondary N) is 1. The van der Waals surface area contributed by atoms with Gasteiger partial charge in [0.1, 0.15) is 5.82 Å². The van der Waals surface area contributed by atoms with Gasteiger partial charge in [-0.25, -0.2) is 9.37 Å². The molecule has 1 N–H and O–H groups in total. The van der Waals surface area contributed by atoms with E-state index < -0.39 is 5.25 Å². The Labute approximate surface area is 158 Å². The number of thiazole rings is 1. The van der Waals surface area contributed by atoms with E-state index in [1.54, 1.807) is 47.3 Å². The van der Waals surface area contributed by atoms with Gasteiger partial charge < -0.3 is 5.32 Å². The van der Waals surface area contributed by atoms with E-state index in [1.165, 1.54) is 29.2 Å². The van der Waals surface area contributed by atoms with Crippen LogP contribution in [0.15, 0.2) is 53.7 Å². The minimum atomic E-state index is -0.430. The van der Waals surface area contributed by atoms with Gasteiger partial charge in [0.25, 0.3) is 0 Å². The normalized spacial score (nSPS) is 11.9. The highest BCUT2D eigenvalue weighted by atomic mass is 32.2. The number of thioether (sulfide) groups is 1. The Bertz CT molecular complexity index is 910. The zero-order valence-corrected chi connectivity index (χ0v) is 15.6. The fraction of sp³-hybridized carbons (Fsp3) is 0.176. The minimum Gasteiger partial charge on any atom is -0.301 e. The minimum absolute atomic E-state index is 0.189. The zero-order chi connectivity index (χ0) is 18.5. The number of amides is 1. The third kappa shape index (κ3) is 4.00. The smallest absolute Gasteiger partial charge is 0.239 e. The molecule has 0 aliphatic heterocycles. The van der Waals surface area contributed by atoms with E-state index in [0.717, 1.165) is 0 Å². The van der Waals surface area contributed by atoms with Crippen molar-refractivity contribution in [3.63, 3.8) is 0 Å². The third-order valence-corrected chi connectivity index (χ3v) is 5.23. The predicted octanol–water partition coefficient (Wildman–Crippen LogP) is 3.85. The molecule has 0 aliphatic carbocycles. The van der Waals surface area contributed by atoms with E-state index in [0.29, 0.717) is 28.2 Å². The molecule has 0 spiro atoms. The van der Waals surface area contributed by atoms with Crippen LogP contribution in [0.2, 0.25) is 0 Å². The Kier molecular flexibility index (Phi) is 5.79. The molecule has 0 saturated carbocycles. The average Bonchev–Trinajstić information content (AvgIpc) is 3.26. The van der Waals surface area contributed by atoms with Gasteiger partial charge in [-0.15, -0.1) is 28.1 Å². The van der Waals surface area contributed by atoms with Crippen molar-refractivity contribution in [2.45, 2.75) is 23.9 Å². The largest absolute Gasteiger partial charge is 0.301 e. The number of anilines is 1. The van der Waals surface area contributed by atoms with Crippen LogP contribution in [-0.4, -0.2) is 30.9 Å². The molecular formula is C17H16FN5OS2. The lowest BCUT2D eigenvalue weighted by Crippen LogP contribution is -2.22. The maximum atomic E-state index is 14.1. The van der Waals surface area contributed by atoms with E-state index in [1.807, 2.05) is 0 Å². The number of hydrogen-bond acceptors (Lipinski definition) is 6. The number of aromatic nitrogens is 4. The molecule has 1 aromatic carbocycles. The van der Waals surface area contributed by atoms with Crippen molar-refractivity contribution in [2.75, 3.05) is 5.32 Å². The Balaban J connectivity index is 1.82. The van der Waals surface area contributed by atoms with Crippen LogP contribution in [-0.2, 0) is 11.3 Å². The van der Waals surface area contributed by atoms with E-state index in [9.17, 15) is 9.18 Å². The molecular weight excluding hydrogens is 373 g/mol. The fourth-order valence-electron chi connectivity index (χ4n) is 2.22. The van der Waals surface area contributed by atoms with Gasteiger partial charge in [0.05, 0.1) is 10.8 Å². The standard InChI is InChI=1S/C17H16FN5OS2/c1-3-9-23-14(12-6-4-5-7-13(12)18)21-22-17(23)26-11(2)15(24)20-16-19-8-10-25-16/h3-8,10-11H,1,9H2,2H3,(H,19,20,24)/t11-/m0/s1. The molecule has 1 atom stereocenters.